The van der Waals surface area contributed by atoms with Gasteiger partial charge in [0.1, 0.15) is 0 Å². The molecule has 1 aromatic rings. The van der Waals surface area contributed by atoms with Gasteiger partial charge >= 0.3 is 0 Å². The van der Waals surface area contributed by atoms with E-state index < -0.39 is 0 Å². The normalized spacial score (nSPS) is 11.1. The zero-order chi connectivity index (χ0) is 20.8. The molecule has 156 valence electrons. The summed E-state index contributed by atoms with van der Waals surface area (Å²) in [7, 11) is 0. The first-order valence-corrected chi connectivity index (χ1v) is 10.2. The van der Waals surface area contributed by atoms with Crippen LogP contribution in [0.25, 0.3) is 0 Å². The van der Waals surface area contributed by atoms with Crippen molar-refractivity contribution >= 4 is 23.5 Å². The summed E-state index contributed by atoms with van der Waals surface area (Å²) < 4.78 is 0. The largest absolute Gasteiger partial charge is 0.357 e. The first kappa shape index (κ1) is 23.5. The van der Waals surface area contributed by atoms with Crippen molar-refractivity contribution in [2.45, 2.75) is 53.5 Å². The average molecular weight is 390 g/mol. The Labute approximate surface area is 169 Å². The van der Waals surface area contributed by atoms with Crippen molar-refractivity contribution in [1.82, 2.24) is 15.5 Å². The zero-order valence-corrected chi connectivity index (χ0v) is 17.7. The molecule has 7 heteroatoms. The van der Waals surface area contributed by atoms with Crippen LogP contribution in [0.15, 0.2) is 29.3 Å². The minimum absolute atomic E-state index is 0.0241. The predicted octanol–water partition coefficient (Wildman–Crippen LogP) is 2.74. The molecule has 2 amide bonds. The molecule has 0 bridgehead atoms. The van der Waals surface area contributed by atoms with Crippen LogP contribution in [0.4, 0.5) is 5.69 Å². The molecule has 0 aliphatic carbocycles. The summed E-state index contributed by atoms with van der Waals surface area (Å²) in [6.07, 6.45) is 1.78. The van der Waals surface area contributed by atoms with Gasteiger partial charge in [-0.3, -0.25) is 9.59 Å². The highest BCUT2D eigenvalue weighted by Crippen LogP contribution is 2.12. The molecule has 7 nitrogen and oxygen atoms in total. The molecule has 0 heterocycles. The Kier molecular flexibility index (Phi) is 11.4. The van der Waals surface area contributed by atoms with Crippen LogP contribution in [0.5, 0.6) is 0 Å². The van der Waals surface area contributed by atoms with E-state index in [9.17, 15) is 9.59 Å². The molecule has 3 N–H and O–H groups in total. The fraction of sp³-hybridized carbons (Fsp3) is 0.571. The summed E-state index contributed by atoms with van der Waals surface area (Å²) in [5, 5.41) is 9.31. The molecule has 0 fully saturated rings. The van der Waals surface area contributed by atoms with Crippen LogP contribution < -0.4 is 16.0 Å². The maximum Gasteiger partial charge on any atom is 0.224 e. The highest BCUT2D eigenvalue weighted by Gasteiger charge is 2.09. The predicted molar refractivity (Wildman–Crippen MR) is 115 cm³/mol. The van der Waals surface area contributed by atoms with Crippen molar-refractivity contribution in [3.63, 3.8) is 0 Å². The summed E-state index contributed by atoms with van der Waals surface area (Å²) in [6, 6.07) is 7.70. The van der Waals surface area contributed by atoms with Gasteiger partial charge < -0.3 is 20.9 Å². The Bertz CT molecular complexity index is 641. The standard InChI is InChI=1S/C21H35N5O2/c1-5-10-19(27)25-18-12-9-11-17(15-18)16-24-21(22-6-2)23-14-13-20(28)26(7-3)8-4/h9,11-12,15H,5-8,10,13-14,16H2,1-4H3,(H,25,27)(H2,22,23,24). The lowest BCUT2D eigenvalue weighted by molar-refractivity contribution is -0.130. The van der Waals surface area contributed by atoms with Crippen molar-refractivity contribution in [3.05, 3.63) is 29.8 Å². The van der Waals surface area contributed by atoms with Gasteiger partial charge in [0.05, 0.1) is 6.54 Å². The Hall–Kier alpha value is -2.57. The monoisotopic (exact) mass is 389 g/mol. The smallest absolute Gasteiger partial charge is 0.224 e. The van der Waals surface area contributed by atoms with Gasteiger partial charge in [0.2, 0.25) is 11.8 Å². The van der Waals surface area contributed by atoms with Crippen LogP contribution in [-0.4, -0.2) is 48.9 Å². The molecule has 0 saturated carbocycles. The van der Waals surface area contributed by atoms with Gasteiger partial charge in [-0.25, -0.2) is 4.99 Å². The Morgan fingerprint density at radius 3 is 2.43 bits per heavy atom. The molecule has 1 aromatic carbocycles. The third-order valence-corrected chi connectivity index (χ3v) is 4.20. The second kappa shape index (κ2) is 13.6. The summed E-state index contributed by atoms with van der Waals surface area (Å²) in [5.74, 6) is 0.843. The van der Waals surface area contributed by atoms with Crippen LogP contribution in [-0.2, 0) is 16.1 Å². The Morgan fingerprint density at radius 2 is 1.79 bits per heavy atom. The van der Waals surface area contributed by atoms with Gasteiger partial charge in [0, 0.05) is 44.7 Å². The van der Waals surface area contributed by atoms with Crippen LogP contribution in [0, 0.1) is 0 Å². The van der Waals surface area contributed by atoms with Crippen molar-refractivity contribution in [2.24, 2.45) is 4.99 Å². The van der Waals surface area contributed by atoms with Gasteiger partial charge in [0.15, 0.2) is 5.96 Å². The number of guanidine groups is 1. The minimum atomic E-state index is 0.0241. The molecular weight excluding hydrogens is 354 g/mol. The average Bonchev–Trinajstić information content (AvgIpc) is 2.67. The quantitative estimate of drug-likeness (QED) is 0.401. The number of hydrogen-bond donors (Lipinski definition) is 3. The van der Waals surface area contributed by atoms with E-state index in [1.807, 2.05) is 56.9 Å². The molecule has 0 aliphatic rings. The lowest BCUT2D eigenvalue weighted by Gasteiger charge is -2.19. The number of benzene rings is 1. The third-order valence-electron chi connectivity index (χ3n) is 4.20. The molecule has 0 unspecified atom stereocenters. The fourth-order valence-corrected chi connectivity index (χ4v) is 2.73. The molecule has 0 atom stereocenters. The van der Waals surface area contributed by atoms with Crippen molar-refractivity contribution < 1.29 is 9.59 Å². The number of carbonyl (C=O) groups is 2. The third kappa shape index (κ3) is 8.88. The summed E-state index contributed by atoms with van der Waals surface area (Å²) in [4.78, 5) is 30.2. The number of nitrogens with one attached hydrogen (secondary N) is 3. The molecule has 0 radical (unpaired) electrons. The van der Waals surface area contributed by atoms with Crippen molar-refractivity contribution in [1.29, 1.82) is 0 Å². The number of anilines is 1. The molecule has 28 heavy (non-hydrogen) atoms. The van der Waals surface area contributed by atoms with E-state index in [0.29, 0.717) is 31.9 Å². The SMILES string of the molecule is CCCC(=O)Nc1cccc(CN=C(NCC)NCCC(=O)N(CC)CC)c1. The maximum absolute atomic E-state index is 12.1. The second-order valence-corrected chi connectivity index (χ2v) is 6.44. The van der Waals surface area contributed by atoms with E-state index in [2.05, 4.69) is 20.9 Å². The Morgan fingerprint density at radius 1 is 1.04 bits per heavy atom. The highest BCUT2D eigenvalue weighted by molar-refractivity contribution is 5.90. The molecule has 0 spiro atoms. The van der Waals surface area contributed by atoms with E-state index in [1.54, 1.807) is 0 Å². The van der Waals surface area contributed by atoms with Gasteiger partial charge in [-0.2, -0.15) is 0 Å². The zero-order valence-electron chi connectivity index (χ0n) is 17.7. The van der Waals surface area contributed by atoms with Gasteiger partial charge in [-0.05, 0) is 44.9 Å². The molecule has 0 aromatic heterocycles. The lowest BCUT2D eigenvalue weighted by atomic mass is 10.2. The first-order chi connectivity index (χ1) is 13.5. The summed E-state index contributed by atoms with van der Waals surface area (Å²) in [6.45, 7) is 11.2. The first-order valence-electron chi connectivity index (χ1n) is 10.2. The van der Waals surface area contributed by atoms with Crippen LogP contribution in [0.3, 0.4) is 0 Å². The molecule has 1 rings (SSSR count). The van der Waals surface area contributed by atoms with E-state index >= 15 is 0 Å². The van der Waals surface area contributed by atoms with Gasteiger partial charge in [0.25, 0.3) is 0 Å². The molecule has 0 saturated heterocycles. The van der Waals surface area contributed by atoms with Gasteiger partial charge in [-0.1, -0.05) is 19.1 Å². The summed E-state index contributed by atoms with van der Waals surface area (Å²) >= 11 is 0. The highest BCUT2D eigenvalue weighted by atomic mass is 16.2. The van der Waals surface area contributed by atoms with E-state index in [0.717, 1.165) is 37.3 Å². The molecule has 0 aliphatic heterocycles. The fourth-order valence-electron chi connectivity index (χ4n) is 2.73. The number of nitrogens with zero attached hydrogens (tertiary/aromatic N) is 2. The second-order valence-electron chi connectivity index (χ2n) is 6.44. The maximum atomic E-state index is 12.1. The van der Waals surface area contributed by atoms with Crippen LogP contribution in [0.1, 0.15) is 52.5 Å². The van der Waals surface area contributed by atoms with E-state index in [1.165, 1.54) is 0 Å². The van der Waals surface area contributed by atoms with Crippen molar-refractivity contribution in [3.8, 4) is 0 Å². The molecular formula is C21H35N5O2. The van der Waals surface area contributed by atoms with Crippen LogP contribution in [0.2, 0.25) is 0 Å². The number of aliphatic imine (C=N–C) groups is 1. The van der Waals surface area contributed by atoms with E-state index in [4.69, 9.17) is 0 Å². The number of carbonyl (C=O) groups excluding carboxylic acids is 2. The number of rotatable bonds is 11. The van der Waals surface area contributed by atoms with Gasteiger partial charge in [-0.15, -0.1) is 0 Å². The lowest BCUT2D eigenvalue weighted by Crippen LogP contribution is -2.40. The number of amides is 2. The van der Waals surface area contributed by atoms with E-state index in [-0.39, 0.29) is 11.8 Å². The Balaban J connectivity index is 2.61. The minimum Gasteiger partial charge on any atom is -0.357 e. The van der Waals surface area contributed by atoms with Crippen molar-refractivity contribution in [2.75, 3.05) is 31.5 Å². The number of hydrogen-bond acceptors (Lipinski definition) is 3. The van der Waals surface area contributed by atoms with Crippen LogP contribution >= 0.6 is 0 Å². The summed E-state index contributed by atoms with van der Waals surface area (Å²) in [5.41, 5.74) is 1.79. The topological polar surface area (TPSA) is 85.8 Å².